The lowest BCUT2D eigenvalue weighted by Crippen LogP contribution is -2.37. The first-order valence-corrected chi connectivity index (χ1v) is 24.1. The van der Waals surface area contributed by atoms with E-state index < -0.39 is 50.8 Å². The second-order valence-electron chi connectivity index (χ2n) is 17.6. The zero-order valence-corrected chi connectivity index (χ0v) is 38.8. The number of carbonyl (C=O) groups excluding carboxylic acids is 2. The number of rotatable bonds is 33. The molecule has 0 bridgehead atoms. The van der Waals surface area contributed by atoms with Gasteiger partial charge in [-0.3, -0.25) is 14.2 Å². The molecule has 1 fully saturated rings. The van der Waals surface area contributed by atoms with E-state index in [1.165, 1.54) is 24.0 Å². The third-order valence-electron chi connectivity index (χ3n) is 11.3. The van der Waals surface area contributed by atoms with E-state index in [4.69, 9.17) is 22.9 Å². The Bertz CT molecular complexity index is 1470. The summed E-state index contributed by atoms with van der Waals surface area (Å²) in [5.41, 5.74) is 2.56. The van der Waals surface area contributed by atoms with Crippen molar-refractivity contribution in [1.29, 1.82) is 0 Å². The van der Waals surface area contributed by atoms with Crippen LogP contribution in [0.2, 0.25) is 0 Å². The van der Waals surface area contributed by atoms with Crippen LogP contribution in [0.4, 0.5) is 0 Å². The molecule has 1 aliphatic rings. The van der Waals surface area contributed by atoms with Crippen molar-refractivity contribution in [3.63, 3.8) is 0 Å². The number of nitrogens with zero attached hydrogens (tertiary/aromatic N) is 1. The van der Waals surface area contributed by atoms with Crippen molar-refractivity contribution in [3.05, 3.63) is 47.0 Å². The first kappa shape index (κ1) is 53.8. The summed E-state index contributed by atoms with van der Waals surface area (Å²) in [6.07, 6.45) is 18.9. The Morgan fingerprint density at radius 3 is 2.12 bits per heavy atom. The SMILES string of the molecule is CCCCCc1oc(CCCCCCCCC(=O)OC[C@H](COP(=O)([O-])OCC[N+](C)(C)C)OC(=O)C/C=C\C[C@H]2[C@@H](/C=C/[C@H](O)CCCCC)[C@H](O)C[C@@H]2O)c(C)c1C. The molecule has 0 aliphatic heterocycles. The highest BCUT2D eigenvalue weighted by molar-refractivity contribution is 7.45. The van der Waals surface area contributed by atoms with Gasteiger partial charge in [0.2, 0.25) is 0 Å². The smallest absolute Gasteiger partial charge is 0.310 e. The third-order valence-corrected chi connectivity index (χ3v) is 12.2. The maximum Gasteiger partial charge on any atom is 0.310 e. The number of ether oxygens (including phenoxy) is 2. The molecule has 1 aliphatic carbocycles. The molecule has 14 heteroatoms. The quantitative estimate of drug-likeness (QED) is 0.0205. The van der Waals surface area contributed by atoms with Crippen LogP contribution in [0.15, 0.2) is 28.7 Å². The highest BCUT2D eigenvalue weighted by Gasteiger charge is 2.39. The van der Waals surface area contributed by atoms with Crippen LogP contribution >= 0.6 is 7.82 Å². The third kappa shape index (κ3) is 22.7. The molecule has 1 aromatic heterocycles. The normalized spacial score (nSPS) is 20.5. The van der Waals surface area contributed by atoms with Gasteiger partial charge in [0.1, 0.15) is 31.3 Å². The monoisotopic (exact) mass is 870 g/mol. The molecule has 1 unspecified atom stereocenters. The molecule has 1 aromatic rings. The molecule has 2 rings (SSSR count). The highest BCUT2D eigenvalue weighted by Crippen LogP contribution is 2.39. The van der Waals surface area contributed by atoms with Crippen LogP contribution in [0.25, 0.3) is 0 Å². The standard InChI is InChI=1S/C46H80NO12P/c1-8-10-16-22-37(48)28-29-40-39(41(49)32-42(40)50)23-20-21-27-46(52)58-38(34-57-60(53,54)56-31-30-47(5,6)7)33-55-45(51)26-19-15-13-12-14-18-25-44-36(4)35(3)43(59-44)24-17-11-9-2/h20-21,28-29,37-42,48-50H,8-19,22-27,30-34H2,1-7H3/b21-20-,29-28+/t37-,38-,39+,40-,41+,42-/m1/s1. The van der Waals surface area contributed by atoms with Crippen LogP contribution in [0.1, 0.15) is 146 Å². The van der Waals surface area contributed by atoms with Crippen LogP contribution in [0.5, 0.6) is 0 Å². The Labute approximate surface area is 361 Å². The number of aryl methyl sites for hydroxylation is 2. The Morgan fingerprint density at radius 2 is 1.47 bits per heavy atom. The maximum absolute atomic E-state index is 12.9. The van der Waals surface area contributed by atoms with Gasteiger partial charge in [-0.1, -0.05) is 95.9 Å². The van der Waals surface area contributed by atoms with E-state index in [0.29, 0.717) is 30.3 Å². The van der Waals surface area contributed by atoms with Crippen molar-refractivity contribution in [2.75, 3.05) is 47.5 Å². The summed E-state index contributed by atoms with van der Waals surface area (Å²) in [5.74, 6) is 0.420. The first-order valence-electron chi connectivity index (χ1n) is 22.7. The molecule has 1 heterocycles. The number of allylic oxidation sites excluding steroid dienone is 1. The number of phosphoric ester groups is 1. The highest BCUT2D eigenvalue weighted by atomic mass is 31.2. The summed E-state index contributed by atoms with van der Waals surface area (Å²) in [6.45, 7) is 7.95. The molecule has 13 nitrogen and oxygen atoms in total. The van der Waals surface area contributed by atoms with Crippen molar-refractivity contribution in [3.8, 4) is 0 Å². The van der Waals surface area contributed by atoms with Crippen LogP contribution < -0.4 is 4.89 Å². The van der Waals surface area contributed by atoms with Gasteiger partial charge in [0.05, 0.1) is 52.5 Å². The molecule has 60 heavy (non-hydrogen) atoms. The summed E-state index contributed by atoms with van der Waals surface area (Å²) >= 11 is 0. The number of aliphatic hydroxyl groups excluding tert-OH is 3. The van der Waals surface area contributed by atoms with Crippen LogP contribution in [-0.2, 0) is 45.5 Å². The number of furan rings is 1. The minimum atomic E-state index is -4.74. The zero-order valence-electron chi connectivity index (χ0n) is 37.9. The van der Waals surface area contributed by atoms with Gasteiger partial charge in [-0.05, 0) is 63.0 Å². The molecule has 0 aromatic carbocycles. The number of aliphatic hydroxyl groups is 3. The van der Waals surface area contributed by atoms with Gasteiger partial charge >= 0.3 is 11.9 Å². The zero-order chi connectivity index (χ0) is 44.6. The lowest BCUT2D eigenvalue weighted by molar-refractivity contribution is -0.870. The number of likely N-dealkylation sites (N-methyl/N-ethyl adjacent to an activating group) is 1. The predicted molar refractivity (Wildman–Crippen MR) is 232 cm³/mol. The Morgan fingerprint density at radius 1 is 0.850 bits per heavy atom. The van der Waals surface area contributed by atoms with E-state index in [-0.39, 0.29) is 44.3 Å². The average molecular weight is 870 g/mol. The Hall–Kier alpha value is -2.35. The molecule has 0 spiro atoms. The minimum absolute atomic E-state index is 0.0964. The van der Waals surface area contributed by atoms with Crippen LogP contribution in [-0.4, -0.2) is 104 Å². The van der Waals surface area contributed by atoms with Crippen molar-refractivity contribution in [2.45, 2.75) is 174 Å². The van der Waals surface area contributed by atoms with Gasteiger partial charge in [-0.15, -0.1) is 0 Å². The molecule has 0 saturated heterocycles. The van der Waals surface area contributed by atoms with Gasteiger partial charge in [-0.25, -0.2) is 0 Å². The minimum Gasteiger partial charge on any atom is -0.756 e. The second-order valence-corrected chi connectivity index (χ2v) is 19.0. The van der Waals surface area contributed by atoms with Gasteiger partial charge in [0, 0.05) is 31.6 Å². The topological polar surface area (TPSA) is 185 Å². The molecule has 1 saturated carbocycles. The summed E-state index contributed by atoms with van der Waals surface area (Å²) < 4.78 is 40.1. The van der Waals surface area contributed by atoms with Gasteiger partial charge in [0.15, 0.2) is 6.10 Å². The largest absolute Gasteiger partial charge is 0.756 e. The molecule has 0 amide bonds. The van der Waals surface area contributed by atoms with Crippen LogP contribution in [0, 0.1) is 25.7 Å². The number of hydrogen-bond acceptors (Lipinski definition) is 12. The van der Waals surface area contributed by atoms with Crippen molar-refractivity contribution < 1.29 is 61.8 Å². The number of quaternary nitrogens is 1. The van der Waals surface area contributed by atoms with E-state index in [1.807, 2.05) is 21.1 Å². The number of phosphoric acid groups is 1. The average Bonchev–Trinajstić information content (AvgIpc) is 3.61. The van der Waals surface area contributed by atoms with E-state index in [1.54, 1.807) is 24.3 Å². The second kappa shape index (κ2) is 29.1. The first-order chi connectivity index (χ1) is 28.5. The number of carbonyl (C=O) groups is 2. The van der Waals surface area contributed by atoms with E-state index >= 15 is 0 Å². The van der Waals surface area contributed by atoms with Gasteiger partial charge in [0.25, 0.3) is 7.82 Å². The predicted octanol–water partition coefficient (Wildman–Crippen LogP) is 7.76. The molecular weight excluding hydrogens is 789 g/mol. The summed E-state index contributed by atoms with van der Waals surface area (Å²) in [6, 6.07) is 0. The molecular formula is C46H80NO12P. The summed E-state index contributed by atoms with van der Waals surface area (Å²) in [4.78, 5) is 38.0. The van der Waals surface area contributed by atoms with Gasteiger partial charge in [-0.2, -0.15) is 0 Å². The molecule has 0 radical (unpaired) electrons. The van der Waals surface area contributed by atoms with Crippen molar-refractivity contribution in [2.24, 2.45) is 11.8 Å². The van der Waals surface area contributed by atoms with E-state index in [2.05, 4.69) is 27.7 Å². The molecule has 346 valence electrons. The number of hydrogen-bond donors (Lipinski definition) is 3. The van der Waals surface area contributed by atoms with Crippen molar-refractivity contribution in [1.82, 2.24) is 0 Å². The lowest BCUT2D eigenvalue weighted by Gasteiger charge is -2.28. The Balaban J connectivity index is 1.83. The summed E-state index contributed by atoms with van der Waals surface area (Å²) in [5, 5.41) is 31.5. The maximum atomic E-state index is 12.9. The molecule has 3 N–H and O–H groups in total. The Kier molecular flexibility index (Phi) is 26.1. The fourth-order valence-electron chi connectivity index (χ4n) is 7.34. The van der Waals surface area contributed by atoms with Crippen molar-refractivity contribution >= 4 is 19.8 Å². The fourth-order valence-corrected chi connectivity index (χ4v) is 8.07. The van der Waals surface area contributed by atoms with Crippen LogP contribution in [0.3, 0.4) is 0 Å². The number of esters is 2. The molecule has 7 atom stereocenters. The summed E-state index contributed by atoms with van der Waals surface area (Å²) in [7, 11) is 0.943. The van der Waals surface area contributed by atoms with E-state index in [0.717, 1.165) is 82.1 Å². The van der Waals surface area contributed by atoms with E-state index in [9.17, 15) is 34.4 Å². The number of unbranched alkanes of at least 4 members (excludes halogenated alkanes) is 9. The fraction of sp³-hybridized carbons (Fsp3) is 0.783. The lowest BCUT2D eigenvalue weighted by atomic mass is 9.89. The van der Waals surface area contributed by atoms with Gasteiger partial charge < -0.3 is 47.6 Å².